The lowest BCUT2D eigenvalue weighted by Crippen LogP contribution is -2.24. The molecule has 0 radical (unpaired) electrons. The number of rotatable bonds is 5. The van der Waals surface area contributed by atoms with E-state index in [-0.39, 0.29) is 11.9 Å². The van der Waals surface area contributed by atoms with Gasteiger partial charge in [0.05, 0.1) is 33.1 Å². The van der Waals surface area contributed by atoms with Crippen molar-refractivity contribution in [1.29, 1.82) is 0 Å². The van der Waals surface area contributed by atoms with Crippen LogP contribution in [0.4, 0.5) is 0 Å². The van der Waals surface area contributed by atoms with E-state index < -0.39 is 0 Å². The molecule has 142 valence electrons. The summed E-state index contributed by atoms with van der Waals surface area (Å²) in [6, 6.07) is 11.6. The zero-order valence-corrected chi connectivity index (χ0v) is 16.3. The Hall–Kier alpha value is -3.02. The molecular formula is C21H24N2O4. The van der Waals surface area contributed by atoms with E-state index >= 15 is 0 Å². The number of amides is 1. The molecule has 2 aromatic carbocycles. The molecule has 2 aromatic rings. The van der Waals surface area contributed by atoms with Gasteiger partial charge < -0.3 is 14.2 Å². The molecule has 0 saturated carbocycles. The molecule has 0 aliphatic carbocycles. The molecule has 0 fully saturated rings. The zero-order chi connectivity index (χ0) is 19.6. The predicted molar refractivity (Wildman–Crippen MR) is 104 cm³/mol. The second-order valence-electron chi connectivity index (χ2n) is 6.46. The van der Waals surface area contributed by atoms with Crippen molar-refractivity contribution in [2.24, 2.45) is 5.10 Å². The van der Waals surface area contributed by atoms with Crippen LogP contribution in [0.5, 0.6) is 17.2 Å². The van der Waals surface area contributed by atoms with Crippen LogP contribution in [0, 0.1) is 6.92 Å². The summed E-state index contributed by atoms with van der Waals surface area (Å²) in [4.78, 5) is 12.2. The van der Waals surface area contributed by atoms with Gasteiger partial charge in [0.15, 0.2) is 11.5 Å². The molecule has 3 rings (SSSR count). The largest absolute Gasteiger partial charge is 0.493 e. The number of benzene rings is 2. The maximum Gasteiger partial charge on any atom is 0.240 e. The minimum absolute atomic E-state index is 0.114. The predicted octanol–water partition coefficient (Wildman–Crippen LogP) is 3.72. The van der Waals surface area contributed by atoms with Gasteiger partial charge in [-0.2, -0.15) is 5.10 Å². The van der Waals surface area contributed by atoms with Crippen molar-refractivity contribution >= 4 is 11.6 Å². The zero-order valence-electron chi connectivity index (χ0n) is 16.3. The van der Waals surface area contributed by atoms with Crippen molar-refractivity contribution in [3.63, 3.8) is 0 Å². The van der Waals surface area contributed by atoms with Crippen LogP contribution < -0.4 is 14.2 Å². The van der Waals surface area contributed by atoms with Gasteiger partial charge >= 0.3 is 0 Å². The van der Waals surface area contributed by atoms with Crippen molar-refractivity contribution in [3.05, 3.63) is 53.1 Å². The van der Waals surface area contributed by atoms with E-state index in [1.54, 1.807) is 21.3 Å². The molecular weight excluding hydrogens is 344 g/mol. The Kier molecular flexibility index (Phi) is 5.35. The van der Waals surface area contributed by atoms with Crippen molar-refractivity contribution in [1.82, 2.24) is 5.01 Å². The standard InChI is InChI=1S/C21H24N2O4/c1-13-7-6-8-15(9-13)17-12-18(23(22-17)14(2)24)16-10-19(25-3)21(27-5)20(11-16)26-4/h6-11,18H,12H2,1-5H3/t18-/m1/s1. The summed E-state index contributed by atoms with van der Waals surface area (Å²) in [6.07, 6.45) is 0.613. The van der Waals surface area contributed by atoms with E-state index in [2.05, 4.69) is 11.2 Å². The summed E-state index contributed by atoms with van der Waals surface area (Å²) in [5.41, 5.74) is 3.94. The quantitative estimate of drug-likeness (QED) is 0.807. The fraction of sp³-hybridized carbons (Fsp3) is 0.333. The lowest BCUT2D eigenvalue weighted by molar-refractivity contribution is -0.130. The molecule has 1 atom stereocenters. The number of ether oxygens (including phenoxy) is 3. The third-order valence-corrected chi connectivity index (χ3v) is 4.66. The van der Waals surface area contributed by atoms with Crippen LogP contribution in [-0.2, 0) is 4.79 Å². The fourth-order valence-electron chi connectivity index (χ4n) is 3.35. The van der Waals surface area contributed by atoms with E-state index in [4.69, 9.17) is 14.2 Å². The molecule has 0 aromatic heterocycles. The Balaban J connectivity index is 2.03. The van der Waals surface area contributed by atoms with Gasteiger partial charge in [-0.05, 0) is 30.2 Å². The van der Waals surface area contributed by atoms with Gasteiger partial charge in [-0.3, -0.25) is 4.79 Å². The molecule has 0 unspecified atom stereocenters. The van der Waals surface area contributed by atoms with Gasteiger partial charge in [0.25, 0.3) is 0 Å². The first-order chi connectivity index (χ1) is 13.0. The second kappa shape index (κ2) is 7.70. The molecule has 27 heavy (non-hydrogen) atoms. The van der Waals surface area contributed by atoms with Crippen molar-refractivity contribution < 1.29 is 19.0 Å². The van der Waals surface area contributed by atoms with Gasteiger partial charge in [0, 0.05) is 13.3 Å². The molecule has 0 spiro atoms. The number of hydrogen-bond donors (Lipinski definition) is 0. The summed E-state index contributed by atoms with van der Waals surface area (Å²) in [5.74, 6) is 1.52. The normalized spacial score (nSPS) is 16.1. The number of methoxy groups -OCH3 is 3. The summed E-state index contributed by atoms with van der Waals surface area (Å²) in [6.45, 7) is 3.56. The highest BCUT2D eigenvalue weighted by Gasteiger charge is 2.33. The smallest absolute Gasteiger partial charge is 0.240 e. The number of hydrogen-bond acceptors (Lipinski definition) is 5. The molecule has 0 saturated heterocycles. The Bertz CT molecular complexity index is 866. The van der Waals surface area contributed by atoms with Gasteiger partial charge in [-0.15, -0.1) is 0 Å². The van der Waals surface area contributed by atoms with Crippen LogP contribution in [-0.4, -0.2) is 38.0 Å². The lowest BCUT2D eigenvalue weighted by Gasteiger charge is -2.22. The molecule has 0 bridgehead atoms. The van der Waals surface area contributed by atoms with E-state index in [1.165, 1.54) is 11.9 Å². The summed E-state index contributed by atoms with van der Waals surface area (Å²) >= 11 is 0. The number of carbonyl (C=O) groups is 1. The maximum absolute atomic E-state index is 12.2. The van der Waals surface area contributed by atoms with Crippen LogP contribution >= 0.6 is 0 Å². The van der Waals surface area contributed by atoms with Crippen LogP contribution in [0.2, 0.25) is 0 Å². The molecule has 0 N–H and O–H groups in total. The first kappa shape index (κ1) is 18.8. The molecule has 6 nitrogen and oxygen atoms in total. The van der Waals surface area contributed by atoms with Gasteiger partial charge in [-0.1, -0.05) is 29.8 Å². The minimum Gasteiger partial charge on any atom is -0.493 e. The van der Waals surface area contributed by atoms with Crippen molar-refractivity contribution in [2.75, 3.05) is 21.3 Å². The average molecular weight is 368 g/mol. The summed E-state index contributed by atoms with van der Waals surface area (Å²) in [7, 11) is 4.72. The molecule has 1 amide bonds. The Morgan fingerprint density at radius 2 is 1.74 bits per heavy atom. The Morgan fingerprint density at radius 1 is 1.07 bits per heavy atom. The topological polar surface area (TPSA) is 60.4 Å². The van der Waals surface area contributed by atoms with Crippen LogP contribution in [0.1, 0.15) is 36.1 Å². The third-order valence-electron chi connectivity index (χ3n) is 4.66. The summed E-state index contributed by atoms with van der Waals surface area (Å²) < 4.78 is 16.3. The fourth-order valence-corrected chi connectivity index (χ4v) is 3.35. The molecule has 6 heteroatoms. The number of hydrazone groups is 1. The molecule has 1 aliphatic heterocycles. The monoisotopic (exact) mass is 368 g/mol. The third kappa shape index (κ3) is 3.60. The number of carbonyl (C=O) groups excluding carboxylic acids is 1. The van der Waals surface area contributed by atoms with Gasteiger partial charge in [-0.25, -0.2) is 5.01 Å². The Labute approximate surface area is 159 Å². The number of aryl methyl sites for hydroxylation is 1. The van der Waals surface area contributed by atoms with E-state index in [1.807, 2.05) is 37.3 Å². The van der Waals surface area contributed by atoms with Gasteiger partial charge in [0.1, 0.15) is 0 Å². The van der Waals surface area contributed by atoms with E-state index in [9.17, 15) is 4.79 Å². The van der Waals surface area contributed by atoms with Gasteiger partial charge in [0.2, 0.25) is 11.7 Å². The minimum atomic E-state index is -0.230. The van der Waals surface area contributed by atoms with Crippen molar-refractivity contribution in [2.45, 2.75) is 26.3 Å². The number of nitrogens with zero attached hydrogens (tertiary/aromatic N) is 2. The highest BCUT2D eigenvalue weighted by molar-refractivity contribution is 6.03. The van der Waals surface area contributed by atoms with E-state index in [0.29, 0.717) is 23.7 Å². The SMILES string of the molecule is COc1cc([C@H]2CC(c3cccc(C)c3)=NN2C(C)=O)cc(OC)c1OC. The highest BCUT2D eigenvalue weighted by Crippen LogP contribution is 2.43. The first-order valence-electron chi connectivity index (χ1n) is 8.72. The average Bonchev–Trinajstić information content (AvgIpc) is 3.12. The van der Waals surface area contributed by atoms with Crippen molar-refractivity contribution in [3.8, 4) is 17.2 Å². The molecule has 1 heterocycles. The molecule has 1 aliphatic rings. The highest BCUT2D eigenvalue weighted by atomic mass is 16.5. The van der Waals surface area contributed by atoms with E-state index in [0.717, 1.165) is 22.4 Å². The van der Waals surface area contributed by atoms with Crippen LogP contribution in [0.15, 0.2) is 41.5 Å². The lowest BCUT2D eigenvalue weighted by atomic mass is 9.97. The maximum atomic E-state index is 12.2. The van der Waals surface area contributed by atoms with Crippen LogP contribution in [0.3, 0.4) is 0 Å². The first-order valence-corrected chi connectivity index (χ1v) is 8.72. The Morgan fingerprint density at radius 3 is 2.26 bits per heavy atom. The second-order valence-corrected chi connectivity index (χ2v) is 6.46. The van der Waals surface area contributed by atoms with Crippen LogP contribution in [0.25, 0.3) is 0 Å². The summed E-state index contributed by atoms with van der Waals surface area (Å²) in [5, 5.41) is 6.12.